The number of carboxylic acid groups (broad SMARTS) is 1. The average Bonchev–Trinajstić information content (AvgIpc) is 2.38. The molecular formula is C11H9ClLiN3O4. The largest absolute Gasteiger partial charge is 1.00 e. The van der Waals surface area contributed by atoms with Gasteiger partial charge in [-0.3, -0.25) is 0 Å². The van der Waals surface area contributed by atoms with E-state index in [2.05, 4.69) is 15.0 Å². The number of methoxy groups -OCH3 is 1. The van der Waals surface area contributed by atoms with Crippen LogP contribution in [0.15, 0.2) is 24.7 Å². The fourth-order valence-corrected chi connectivity index (χ4v) is 1.59. The third-order valence-corrected chi connectivity index (χ3v) is 2.45. The second kappa shape index (κ2) is 7.82. The topological polar surface area (TPSA) is 115 Å². The number of nitrogens with zero attached hydrogens (tertiary/aromatic N) is 3. The van der Waals surface area contributed by atoms with Gasteiger partial charge >= 0.3 is 24.8 Å². The van der Waals surface area contributed by atoms with Crippen LogP contribution in [0.25, 0.3) is 11.3 Å². The summed E-state index contributed by atoms with van der Waals surface area (Å²) in [5.41, 5.74) is 0.928. The summed E-state index contributed by atoms with van der Waals surface area (Å²) in [4.78, 5) is 22.4. The van der Waals surface area contributed by atoms with Gasteiger partial charge in [-0.15, -0.1) is 0 Å². The van der Waals surface area contributed by atoms with Crippen LogP contribution >= 0.6 is 11.6 Å². The summed E-state index contributed by atoms with van der Waals surface area (Å²) in [5.74, 6) is -0.820. The molecule has 2 aromatic heterocycles. The van der Waals surface area contributed by atoms with Gasteiger partial charge in [0, 0.05) is 11.8 Å². The third kappa shape index (κ3) is 3.92. The van der Waals surface area contributed by atoms with Crippen LogP contribution in [0.3, 0.4) is 0 Å². The molecule has 0 bridgehead atoms. The Bertz CT molecular complexity index is 612. The van der Waals surface area contributed by atoms with Gasteiger partial charge in [0.15, 0.2) is 5.69 Å². The first-order chi connectivity index (χ1) is 8.61. The number of aromatic carboxylic acids is 1. The fourth-order valence-electron chi connectivity index (χ4n) is 1.35. The van der Waals surface area contributed by atoms with Crippen molar-refractivity contribution in [3.05, 3.63) is 35.4 Å². The smallest absolute Gasteiger partial charge is 0.870 e. The summed E-state index contributed by atoms with van der Waals surface area (Å²) >= 11 is 5.93. The number of hydrogen-bond acceptors (Lipinski definition) is 6. The van der Waals surface area contributed by atoms with E-state index < -0.39 is 5.97 Å². The van der Waals surface area contributed by atoms with Crippen molar-refractivity contribution in [3.8, 4) is 17.1 Å². The van der Waals surface area contributed by atoms with Gasteiger partial charge in [0.1, 0.15) is 11.3 Å². The van der Waals surface area contributed by atoms with Gasteiger partial charge in [-0.25, -0.2) is 19.7 Å². The molecule has 0 spiro atoms. The minimum absolute atomic E-state index is 0. The molecule has 2 heterocycles. The van der Waals surface area contributed by atoms with E-state index in [1.165, 1.54) is 25.7 Å². The monoisotopic (exact) mass is 289 g/mol. The van der Waals surface area contributed by atoms with Crippen LogP contribution in [-0.4, -0.2) is 38.6 Å². The van der Waals surface area contributed by atoms with Crippen LogP contribution in [0.5, 0.6) is 5.88 Å². The maximum absolute atomic E-state index is 10.8. The molecule has 0 aliphatic rings. The molecule has 0 radical (unpaired) electrons. The predicted octanol–water partition coefficient (Wildman–Crippen LogP) is -1.27. The minimum atomic E-state index is -1.12. The van der Waals surface area contributed by atoms with Crippen molar-refractivity contribution in [1.82, 2.24) is 15.0 Å². The molecule has 2 rings (SSSR count). The number of hydrogen-bond donors (Lipinski definition) is 1. The maximum atomic E-state index is 10.8. The van der Waals surface area contributed by atoms with Crippen molar-refractivity contribution in [2.45, 2.75) is 0 Å². The van der Waals surface area contributed by atoms with Crippen molar-refractivity contribution >= 4 is 17.6 Å². The number of carbonyl (C=O) groups is 1. The van der Waals surface area contributed by atoms with Gasteiger partial charge in [-0.2, -0.15) is 0 Å². The molecule has 0 aromatic carbocycles. The molecule has 0 aliphatic carbocycles. The van der Waals surface area contributed by atoms with Crippen molar-refractivity contribution < 1.29 is 39.0 Å². The van der Waals surface area contributed by atoms with E-state index >= 15 is 0 Å². The Kier molecular flexibility index (Phi) is 7.17. The quantitative estimate of drug-likeness (QED) is 0.700. The van der Waals surface area contributed by atoms with E-state index in [0.29, 0.717) is 22.2 Å². The molecular weight excluding hydrogens is 281 g/mol. The zero-order valence-electron chi connectivity index (χ0n) is 10.7. The molecule has 20 heavy (non-hydrogen) atoms. The van der Waals surface area contributed by atoms with E-state index in [-0.39, 0.29) is 30.0 Å². The summed E-state index contributed by atoms with van der Waals surface area (Å²) in [7, 11) is 1.46. The van der Waals surface area contributed by atoms with Crippen LogP contribution in [0, 0.1) is 0 Å². The number of carboxylic acids is 1. The van der Waals surface area contributed by atoms with Crippen LogP contribution in [0.4, 0.5) is 0 Å². The molecule has 7 nitrogen and oxygen atoms in total. The summed E-state index contributed by atoms with van der Waals surface area (Å²) in [5, 5.41) is 9.17. The average molecular weight is 290 g/mol. The first-order valence-corrected chi connectivity index (χ1v) is 5.25. The molecule has 2 N–H and O–H groups in total. The first-order valence-electron chi connectivity index (χ1n) is 4.87. The first kappa shape index (κ1) is 18.3. The van der Waals surface area contributed by atoms with Gasteiger partial charge < -0.3 is 15.3 Å². The van der Waals surface area contributed by atoms with Crippen LogP contribution in [0.2, 0.25) is 5.02 Å². The fraction of sp³-hybridized carbons (Fsp3) is 0.0909. The maximum Gasteiger partial charge on any atom is 1.00 e. The van der Waals surface area contributed by atoms with Gasteiger partial charge in [-0.1, -0.05) is 11.6 Å². The molecule has 0 fully saturated rings. The molecule has 0 aliphatic heterocycles. The Hall–Kier alpha value is -1.65. The van der Waals surface area contributed by atoms with Crippen molar-refractivity contribution in [1.29, 1.82) is 0 Å². The normalized spacial score (nSPS) is 9.10. The van der Waals surface area contributed by atoms with Crippen molar-refractivity contribution in [2.24, 2.45) is 0 Å². The molecule has 9 heteroatoms. The van der Waals surface area contributed by atoms with Crippen molar-refractivity contribution in [3.63, 3.8) is 0 Å². The Morgan fingerprint density at radius 2 is 2.00 bits per heavy atom. The SMILES string of the molecule is COc1ncc(-c2cc(C(=O)O)ncn2)cc1Cl.[Li+].[OH-]. The number of pyridine rings is 1. The van der Waals surface area contributed by atoms with Crippen LogP contribution in [-0.2, 0) is 0 Å². The van der Waals surface area contributed by atoms with Gasteiger partial charge in [-0.05, 0) is 12.1 Å². The summed E-state index contributed by atoms with van der Waals surface area (Å²) < 4.78 is 4.93. The zero-order valence-corrected chi connectivity index (χ0v) is 11.5. The van der Waals surface area contributed by atoms with Gasteiger partial charge in [0.2, 0.25) is 5.88 Å². The van der Waals surface area contributed by atoms with Crippen LogP contribution in [0.1, 0.15) is 10.5 Å². The number of aromatic nitrogens is 3. The molecule has 0 saturated carbocycles. The van der Waals surface area contributed by atoms with Gasteiger partial charge in [0.05, 0.1) is 12.8 Å². The van der Waals surface area contributed by atoms with Crippen LogP contribution < -0.4 is 23.6 Å². The summed E-state index contributed by atoms with van der Waals surface area (Å²) in [6.45, 7) is 0. The second-order valence-electron chi connectivity index (χ2n) is 3.31. The number of rotatable bonds is 3. The minimum Gasteiger partial charge on any atom is -0.870 e. The summed E-state index contributed by atoms with van der Waals surface area (Å²) in [6.07, 6.45) is 2.68. The van der Waals surface area contributed by atoms with E-state index in [1.807, 2.05) is 0 Å². The zero-order chi connectivity index (χ0) is 13.1. The molecule has 2 aromatic rings. The summed E-state index contributed by atoms with van der Waals surface area (Å²) in [6, 6.07) is 2.95. The Morgan fingerprint density at radius 1 is 1.30 bits per heavy atom. The van der Waals surface area contributed by atoms with Gasteiger partial charge in [0.25, 0.3) is 0 Å². The number of ether oxygens (including phenoxy) is 1. The Labute approximate surface area is 131 Å². The van der Waals surface area contributed by atoms with E-state index in [1.54, 1.807) is 6.07 Å². The molecule has 0 saturated heterocycles. The van der Waals surface area contributed by atoms with E-state index in [9.17, 15) is 4.79 Å². The van der Waals surface area contributed by atoms with Crippen molar-refractivity contribution in [2.75, 3.05) is 7.11 Å². The van der Waals surface area contributed by atoms with E-state index in [4.69, 9.17) is 21.4 Å². The number of halogens is 1. The van der Waals surface area contributed by atoms with E-state index in [0.717, 1.165) is 0 Å². The molecule has 0 amide bonds. The standard InChI is InChI=1S/C11H8ClN3O3.Li.H2O/c1-18-10-7(12)2-6(4-13-10)8-3-9(11(16)17)15-5-14-8;;/h2-5H,1H3,(H,16,17);;1H2/q;+1;/p-1. The molecule has 0 atom stereocenters. The molecule has 100 valence electrons. The molecule has 0 unspecified atom stereocenters. The second-order valence-corrected chi connectivity index (χ2v) is 3.72. The third-order valence-electron chi connectivity index (χ3n) is 2.18. The predicted molar refractivity (Wildman–Crippen MR) is 65.7 cm³/mol. The Balaban J connectivity index is 0.00000180. The Morgan fingerprint density at radius 3 is 2.55 bits per heavy atom.